The van der Waals surface area contributed by atoms with E-state index in [-0.39, 0.29) is 6.04 Å². The monoisotopic (exact) mass is 241 g/mol. The standard InChI is InChI=1S/C11H19N3OS/c1-2-4-9(10-5-3-6-16-10)14-7-8(12)11(13)15/h3,5-6,8-9,14H,2,4,7,12H2,1H3,(H2,13,15). The Labute approximate surface area is 100 Å². The Morgan fingerprint density at radius 1 is 1.62 bits per heavy atom. The van der Waals surface area contributed by atoms with Gasteiger partial charge in [-0.2, -0.15) is 0 Å². The largest absolute Gasteiger partial charge is 0.368 e. The van der Waals surface area contributed by atoms with Crippen LogP contribution in [0.4, 0.5) is 0 Å². The van der Waals surface area contributed by atoms with Gasteiger partial charge in [-0.3, -0.25) is 4.79 Å². The van der Waals surface area contributed by atoms with Crippen LogP contribution in [0, 0.1) is 0 Å². The third kappa shape index (κ3) is 3.92. The predicted octanol–water partition coefficient (Wildman–Crippen LogP) is 0.992. The molecule has 1 aromatic rings. The number of hydrogen-bond donors (Lipinski definition) is 3. The molecule has 5 N–H and O–H groups in total. The van der Waals surface area contributed by atoms with Gasteiger partial charge in [-0.05, 0) is 17.9 Å². The lowest BCUT2D eigenvalue weighted by Gasteiger charge is -2.18. The minimum atomic E-state index is -0.612. The Balaban J connectivity index is 2.49. The fourth-order valence-electron chi connectivity index (χ4n) is 1.49. The molecule has 0 aliphatic carbocycles. The highest BCUT2D eigenvalue weighted by molar-refractivity contribution is 7.10. The zero-order chi connectivity index (χ0) is 12.0. The van der Waals surface area contributed by atoms with Gasteiger partial charge in [0.05, 0.1) is 6.04 Å². The number of rotatable bonds is 7. The average Bonchev–Trinajstić information content (AvgIpc) is 2.76. The number of nitrogens with one attached hydrogen (secondary N) is 1. The van der Waals surface area contributed by atoms with Crippen molar-refractivity contribution in [3.63, 3.8) is 0 Å². The fraction of sp³-hybridized carbons (Fsp3) is 0.545. The normalized spacial score (nSPS) is 14.6. The van der Waals surface area contributed by atoms with E-state index in [2.05, 4.69) is 18.3 Å². The first-order valence-corrected chi connectivity index (χ1v) is 6.34. The molecule has 0 aliphatic rings. The summed E-state index contributed by atoms with van der Waals surface area (Å²) in [7, 11) is 0. The molecule has 0 bridgehead atoms. The van der Waals surface area contributed by atoms with Gasteiger partial charge in [-0.25, -0.2) is 0 Å². The van der Waals surface area contributed by atoms with Crippen molar-refractivity contribution < 1.29 is 4.79 Å². The third-order valence-electron chi connectivity index (χ3n) is 2.41. The van der Waals surface area contributed by atoms with Gasteiger partial charge in [0.2, 0.25) is 5.91 Å². The van der Waals surface area contributed by atoms with Crippen molar-refractivity contribution in [3.05, 3.63) is 22.4 Å². The maximum absolute atomic E-state index is 10.8. The summed E-state index contributed by atoms with van der Waals surface area (Å²) in [5.41, 5.74) is 10.7. The van der Waals surface area contributed by atoms with Gasteiger partial charge < -0.3 is 16.8 Å². The molecule has 0 aliphatic heterocycles. The van der Waals surface area contributed by atoms with Crippen molar-refractivity contribution >= 4 is 17.2 Å². The van der Waals surface area contributed by atoms with Crippen molar-refractivity contribution in [1.82, 2.24) is 5.32 Å². The number of carbonyl (C=O) groups is 1. The lowest BCUT2D eigenvalue weighted by atomic mass is 10.1. The number of amides is 1. The highest BCUT2D eigenvalue weighted by atomic mass is 32.1. The lowest BCUT2D eigenvalue weighted by Crippen LogP contribution is -2.45. The molecule has 2 atom stereocenters. The molecule has 0 saturated heterocycles. The molecule has 0 fully saturated rings. The first kappa shape index (κ1) is 13.2. The van der Waals surface area contributed by atoms with Crippen LogP contribution in [0.15, 0.2) is 17.5 Å². The third-order valence-corrected chi connectivity index (χ3v) is 3.40. The van der Waals surface area contributed by atoms with Crippen molar-refractivity contribution in [2.75, 3.05) is 6.54 Å². The van der Waals surface area contributed by atoms with Crippen LogP contribution >= 0.6 is 11.3 Å². The van der Waals surface area contributed by atoms with Gasteiger partial charge in [0.1, 0.15) is 0 Å². The molecule has 5 heteroatoms. The molecule has 1 amide bonds. The van der Waals surface area contributed by atoms with Gasteiger partial charge in [0.25, 0.3) is 0 Å². The first-order chi connectivity index (χ1) is 7.65. The van der Waals surface area contributed by atoms with Crippen molar-refractivity contribution in [2.45, 2.75) is 31.8 Å². The molecule has 16 heavy (non-hydrogen) atoms. The van der Waals surface area contributed by atoms with Crippen LogP contribution < -0.4 is 16.8 Å². The van der Waals surface area contributed by atoms with E-state index in [4.69, 9.17) is 11.5 Å². The summed E-state index contributed by atoms with van der Waals surface area (Å²) in [6, 6.07) is 3.78. The smallest absolute Gasteiger partial charge is 0.235 e. The predicted molar refractivity (Wildman–Crippen MR) is 67.1 cm³/mol. The highest BCUT2D eigenvalue weighted by Gasteiger charge is 2.14. The van der Waals surface area contributed by atoms with Crippen molar-refractivity contribution in [1.29, 1.82) is 0 Å². The van der Waals surface area contributed by atoms with E-state index >= 15 is 0 Å². The molecule has 90 valence electrons. The Bertz CT molecular complexity index is 313. The van der Waals surface area contributed by atoms with E-state index in [0.717, 1.165) is 12.8 Å². The van der Waals surface area contributed by atoms with E-state index in [1.807, 2.05) is 11.4 Å². The van der Waals surface area contributed by atoms with E-state index < -0.39 is 11.9 Å². The number of hydrogen-bond acceptors (Lipinski definition) is 4. The van der Waals surface area contributed by atoms with E-state index in [1.54, 1.807) is 11.3 Å². The topological polar surface area (TPSA) is 81.1 Å². The van der Waals surface area contributed by atoms with Crippen LogP contribution in [0.5, 0.6) is 0 Å². The van der Waals surface area contributed by atoms with Crippen LogP contribution in [0.1, 0.15) is 30.7 Å². The summed E-state index contributed by atoms with van der Waals surface area (Å²) in [4.78, 5) is 12.1. The summed E-state index contributed by atoms with van der Waals surface area (Å²) in [5, 5.41) is 5.34. The molecule has 1 rings (SSSR count). The zero-order valence-electron chi connectivity index (χ0n) is 9.48. The summed E-state index contributed by atoms with van der Waals surface area (Å²) in [5.74, 6) is -0.464. The van der Waals surface area contributed by atoms with Crippen LogP contribution in [0.25, 0.3) is 0 Å². The van der Waals surface area contributed by atoms with Gasteiger partial charge in [0.15, 0.2) is 0 Å². The molecule has 0 radical (unpaired) electrons. The average molecular weight is 241 g/mol. The molecule has 1 heterocycles. The second-order valence-electron chi connectivity index (χ2n) is 3.77. The molecule has 2 unspecified atom stereocenters. The van der Waals surface area contributed by atoms with Crippen LogP contribution in [0.3, 0.4) is 0 Å². The van der Waals surface area contributed by atoms with Crippen LogP contribution in [-0.4, -0.2) is 18.5 Å². The molecule has 0 aromatic carbocycles. The van der Waals surface area contributed by atoms with Gasteiger partial charge in [-0.15, -0.1) is 11.3 Å². The molecular weight excluding hydrogens is 222 g/mol. The maximum atomic E-state index is 10.8. The molecular formula is C11H19N3OS. The second-order valence-corrected chi connectivity index (χ2v) is 4.75. The van der Waals surface area contributed by atoms with Gasteiger partial charge >= 0.3 is 0 Å². The van der Waals surface area contributed by atoms with E-state index in [0.29, 0.717) is 6.54 Å². The van der Waals surface area contributed by atoms with E-state index in [9.17, 15) is 4.79 Å². The number of primary amides is 1. The summed E-state index contributed by atoms with van der Waals surface area (Å²) >= 11 is 1.71. The minimum absolute atomic E-state index is 0.274. The van der Waals surface area contributed by atoms with E-state index in [1.165, 1.54) is 4.88 Å². The summed E-state index contributed by atoms with van der Waals surface area (Å²) in [6.07, 6.45) is 2.12. The number of thiophene rings is 1. The summed E-state index contributed by atoms with van der Waals surface area (Å²) < 4.78 is 0. The maximum Gasteiger partial charge on any atom is 0.235 e. The Morgan fingerprint density at radius 3 is 2.88 bits per heavy atom. The number of carbonyl (C=O) groups excluding carboxylic acids is 1. The Morgan fingerprint density at radius 2 is 2.38 bits per heavy atom. The van der Waals surface area contributed by atoms with Gasteiger partial charge in [0, 0.05) is 17.5 Å². The minimum Gasteiger partial charge on any atom is -0.368 e. The SMILES string of the molecule is CCCC(NCC(N)C(N)=O)c1cccs1. The lowest BCUT2D eigenvalue weighted by molar-refractivity contribution is -0.119. The summed E-state index contributed by atoms with van der Waals surface area (Å²) in [6.45, 7) is 2.56. The number of nitrogens with two attached hydrogens (primary N) is 2. The quantitative estimate of drug-likeness (QED) is 0.666. The van der Waals surface area contributed by atoms with Crippen LogP contribution in [0.2, 0.25) is 0 Å². The molecule has 0 saturated carbocycles. The Kier molecular flexibility index (Phi) is 5.45. The second kappa shape index (κ2) is 6.62. The molecule has 0 spiro atoms. The highest BCUT2D eigenvalue weighted by Crippen LogP contribution is 2.22. The first-order valence-electron chi connectivity index (χ1n) is 5.46. The fourth-order valence-corrected chi connectivity index (χ4v) is 2.33. The molecule has 1 aromatic heterocycles. The van der Waals surface area contributed by atoms with Gasteiger partial charge in [-0.1, -0.05) is 19.4 Å². The Hall–Kier alpha value is -0.910. The van der Waals surface area contributed by atoms with Crippen molar-refractivity contribution in [2.24, 2.45) is 11.5 Å². The van der Waals surface area contributed by atoms with Crippen molar-refractivity contribution in [3.8, 4) is 0 Å². The molecule has 4 nitrogen and oxygen atoms in total. The zero-order valence-corrected chi connectivity index (χ0v) is 10.3. The van der Waals surface area contributed by atoms with Crippen LogP contribution in [-0.2, 0) is 4.79 Å².